The number of non-ortho nitro benzene ring substituents is 1. The lowest BCUT2D eigenvalue weighted by atomic mass is 10.2. The topological polar surface area (TPSA) is 80.5 Å². The van der Waals surface area contributed by atoms with Crippen LogP contribution in [0.5, 0.6) is 0 Å². The van der Waals surface area contributed by atoms with E-state index in [9.17, 15) is 18.5 Å². The summed E-state index contributed by atoms with van der Waals surface area (Å²) in [5.41, 5.74) is 0.395. The molecule has 0 unspecified atom stereocenters. The molecule has 0 amide bonds. The van der Waals surface area contributed by atoms with Gasteiger partial charge >= 0.3 is 0 Å². The number of nitro benzene ring substituents is 1. The summed E-state index contributed by atoms with van der Waals surface area (Å²) in [6.45, 7) is 2.17. The first-order chi connectivity index (χ1) is 11.5. The van der Waals surface area contributed by atoms with E-state index in [-0.39, 0.29) is 15.5 Å². The zero-order valence-electron chi connectivity index (χ0n) is 13.1. The number of nitrogens with zero attached hydrogens (tertiary/aromatic N) is 2. The summed E-state index contributed by atoms with van der Waals surface area (Å²) in [6, 6.07) is 12.1. The van der Waals surface area contributed by atoms with Gasteiger partial charge in [0.2, 0.25) is 9.84 Å². The van der Waals surface area contributed by atoms with Crippen LogP contribution in [0.3, 0.4) is 0 Å². The Morgan fingerprint density at radius 2 is 1.71 bits per heavy atom. The van der Waals surface area contributed by atoms with E-state index in [2.05, 4.69) is 4.90 Å². The van der Waals surface area contributed by atoms with Gasteiger partial charge in [-0.15, -0.1) is 0 Å². The molecule has 6 nitrogen and oxygen atoms in total. The van der Waals surface area contributed by atoms with Crippen LogP contribution in [0, 0.1) is 10.1 Å². The smallest absolute Gasteiger partial charge is 0.269 e. The minimum atomic E-state index is -3.70. The molecule has 1 aliphatic heterocycles. The van der Waals surface area contributed by atoms with Gasteiger partial charge in [0.25, 0.3) is 5.69 Å². The van der Waals surface area contributed by atoms with Gasteiger partial charge in [0.15, 0.2) is 0 Å². The van der Waals surface area contributed by atoms with Crippen LogP contribution in [0.25, 0.3) is 0 Å². The second-order valence-corrected chi connectivity index (χ2v) is 7.77. The highest BCUT2D eigenvalue weighted by Crippen LogP contribution is 2.29. The van der Waals surface area contributed by atoms with Gasteiger partial charge in [-0.1, -0.05) is 18.2 Å². The predicted octanol–water partition coefficient (Wildman–Crippen LogP) is 3.02. The Kier molecular flexibility index (Phi) is 4.64. The molecule has 24 heavy (non-hydrogen) atoms. The maximum absolute atomic E-state index is 12.9. The van der Waals surface area contributed by atoms with Crippen molar-refractivity contribution in [3.63, 3.8) is 0 Å². The molecular weight excluding hydrogens is 328 g/mol. The van der Waals surface area contributed by atoms with Gasteiger partial charge in [-0.2, -0.15) is 0 Å². The van der Waals surface area contributed by atoms with Gasteiger partial charge in [-0.05, 0) is 49.7 Å². The van der Waals surface area contributed by atoms with Gasteiger partial charge in [-0.25, -0.2) is 8.42 Å². The summed E-state index contributed by atoms with van der Waals surface area (Å²) in [6.07, 6.45) is 2.13. The van der Waals surface area contributed by atoms with E-state index < -0.39 is 14.8 Å². The minimum Gasteiger partial charge on any atom is -0.299 e. The summed E-state index contributed by atoms with van der Waals surface area (Å²) in [4.78, 5) is 13.0. The Labute approximate surface area is 140 Å². The molecule has 0 radical (unpaired) electrons. The monoisotopic (exact) mass is 346 g/mol. The van der Waals surface area contributed by atoms with Crippen molar-refractivity contribution in [1.82, 2.24) is 4.90 Å². The van der Waals surface area contributed by atoms with Gasteiger partial charge in [-0.3, -0.25) is 15.0 Å². The SMILES string of the molecule is O=[N+]([O-])c1ccc(S(=O)(=O)c2ccccc2)c(CN2CCCC2)c1. The zero-order chi connectivity index (χ0) is 17.2. The summed E-state index contributed by atoms with van der Waals surface area (Å²) < 4.78 is 25.8. The Morgan fingerprint density at radius 3 is 2.33 bits per heavy atom. The fourth-order valence-electron chi connectivity index (χ4n) is 2.97. The number of hydrogen-bond donors (Lipinski definition) is 0. The van der Waals surface area contributed by atoms with Gasteiger partial charge in [0.1, 0.15) is 0 Å². The van der Waals surface area contributed by atoms with E-state index in [0.29, 0.717) is 12.1 Å². The lowest BCUT2D eigenvalue weighted by Crippen LogP contribution is -2.20. The Morgan fingerprint density at radius 1 is 1.04 bits per heavy atom. The van der Waals surface area contributed by atoms with Crippen molar-refractivity contribution in [2.45, 2.75) is 29.2 Å². The van der Waals surface area contributed by atoms with Crippen LogP contribution in [0.2, 0.25) is 0 Å². The summed E-state index contributed by atoms with van der Waals surface area (Å²) in [5, 5.41) is 11.1. The fraction of sp³-hybridized carbons (Fsp3) is 0.294. The first-order valence-electron chi connectivity index (χ1n) is 7.78. The van der Waals surface area contributed by atoms with E-state index in [1.165, 1.54) is 30.3 Å². The number of nitro groups is 1. The van der Waals surface area contributed by atoms with E-state index in [0.717, 1.165) is 25.9 Å². The first-order valence-corrected chi connectivity index (χ1v) is 9.26. The normalized spacial score (nSPS) is 15.5. The molecule has 2 aromatic rings. The molecule has 0 N–H and O–H groups in total. The molecule has 1 fully saturated rings. The third-order valence-corrected chi connectivity index (χ3v) is 6.06. The number of likely N-dealkylation sites (tertiary alicyclic amines) is 1. The highest BCUT2D eigenvalue weighted by molar-refractivity contribution is 7.91. The lowest BCUT2D eigenvalue weighted by molar-refractivity contribution is -0.385. The third kappa shape index (κ3) is 3.32. The molecule has 0 atom stereocenters. The van der Waals surface area contributed by atoms with Crippen LogP contribution in [-0.4, -0.2) is 31.3 Å². The van der Waals surface area contributed by atoms with E-state index in [1.807, 2.05) is 0 Å². The quantitative estimate of drug-likeness (QED) is 0.614. The molecule has 0 spiro atoms. The second kappa shape index (κ2) is 6.70. The lowest BCUT2D eigenvalue weighted by Gasteiger charge is -2.17. The van der Waals surface area contributed by atoms with Crippen LogP contribution in [0.4, 0.5) is 5.69 Å². The second-order valence-electron chi connectivity index (χ2n) is 5.85. The predicted molar refractivity (Wildman–Crippen MR) is 89.5 cm³/mol. The van der Waals surface area contributed by atoms with E-state index in [4.69, 9.17) is 0 Å². The van der Waals surface area contributed by atoms with E-state index >= 15 is 0 Å². The molecule has 1 heterocycles. The Balaban J connectivity index is 2.07. The molecule has 0 saturated carbocycles. The number of rotatable bonds is 5. The van der Waals surface area contributed by atoms with Crippen LogP contribution < -0.4 is 0 Å². The molecule has 0 aromatic heterocycles. The standard InChI is InChI=1S/C17H18N2O4S/c20-19(21)15-8-9-17(14(12-15)13-18-10-4-5-11-18)24(22,23)16-6-2-1-3-7-16/h1-3,6-9,12H,4-5,10-11,13H2. The van der Waals surface area contributed by atoms with Crippen molar-refractivity contribution >= 4 is 15.5 Å². The summed E-state index contributed by atoms with van der Waals surface area (Å²) in [7, 11) is -3.70. The van der Waals surface area contributed by atoms with Crippen molar-refractivity contribution < 1.29 is 13.3 Å². The van der Waals surface area contributed by atoms with Crippen molar-refractivity contribution in [3.8, 4) is 0 Å². The summed E-state index contributed by atoms with van der Waals surface area (Å²) in [5.74, 6) is 0. The number of sulfone groups is 1. The van der Waals surface area contributed by atoms with Gasteiger partial charge in [0.05, 0.1) is 14.7 Å². The first kappa shape index (κ1) is 16.6. The van der Waals surface area contributed by atoms with Crippen LogP contribution in [-0.2, 0) is 16.4 Å². The van der Waals surface area contributed by atoms with Crippen molar-refractivity contribution in [3.05, 3.63) is 64.2 Å². The maximum atomic E-state index is 12.9. The molecule has 0 aliphatic carbocycles. The molecule has 1 aliphatic rings. The maximum Gasteiger partial charge on any atom is 0.269 e. The van der Waals surface area contributed by atoms with Crippen molar-refractivity contribution in [2.24, 2.45) is 0 Å². The fourth-order valence-corrected chi connectivity index (χ4v) is 4.46. The van der Waals surface area contributed by atoms with Gasteiger partial charge in [0, 0.05) is 18.7 Å². The van der Waals surface area contributed by atoms with Crippen molar-refractivity contribution in [2.75, 3.05) is 13.1 Å². The minimum absolute atomic E-state index is 0.0868. The third-order valence-electron chi connectivity index (χ3n) is 4.19. The molecule has 3 rings (SSSR count). The number of benzene rings is 2. The van der Waals surface area contributed by atoms with Crippen molar-refractivity contribution in [1.29, 1.82) is 0 Å². The molecular formula is C17H18N2O4S. The average molecular weight is 346 g/mol. The Bertz CT molecular complexity index is 844. The van der Waals surface area contributed by atoms with Gasteiger partial charge < -0.3 is 0 Å². The van der Waals surface area contributed by atoms with Crippen LogP contribution in [0.1, 0.15) is 18.4 Å². The molecule has 7 heteroatoms. The molecule has 126 valence electrons. The largest absolute Gasteiger partial charge is 0.299 e. The molecule has 2 aromatic carbocycles. The van der Waals surface area contributed by atoms with Crippen LogP contribution in [0.15, 0.2) is 58.3 Å². The molecule has 1 saturated heterocycles. The van der Waals surface area contributed by atoms with E-state index in [1.54, 1.807) is 18.2 Å². The highest BCUT2D eigenvalue weighted by Gasteiger charge is 2.25. The average Bonchev–Trinajstić information content (AvgIpc) is 3.08. The zero-order valence-corrected chi connectivity index (χ0v) is 13.9. The summed E-state index contributed by atoms with van der Waals surface area (Å²) >= 11 is 0. The number of hydrogen-bond acceptors (Lipinski definition) is 5. The highest BCUT2D eigenvalue weighted by atomic mass is 32.2. The molecule has 0 bridgehead atoms. The van der Waals surface area contributed by atoms with Crippen LogP contribution >= 0.6 is 0 Å². The Hall–Kier alpha value is -2.25.